The topological polar surface area (TPSA) is 80.9 Å². The average Bonchev–Trinajstić information content (AvgIpc) is 3.01. The van der Waals surface area contributed by atoms with Gasteiger partial charge >= 0.3 is 0 Å². The van der Waals surface area contributed by atoms with Crippen LogP contribution in [0.15, 0.2) is 12.1 Å². The summed E-state index contributed by atoms with van der Waals surface area (Å²) in [6.07, 6.45) is 0. The summed E-state index contributed by atoms with van der Waals surface area (Å²) in [7, 11) is 4.70. The van der Waals surface area contributed by atoms with E-state index in [0.29, 0.717) is 23.2 Å². The highest BCUT2D eigenvalue weighted by molar-refractivity contribution is 9.09. The molecule has 0 spiro atoms. The smallest absolute Gasteiger partial charge is 0.240 e. The Morgan fingerprint density at radius 3 is 2.08 bits per heavy atom. The summed E-state index contributed by atoms with van der Waals surface area (Å²) in [5.41, 5.74) is 7.13. The van der Waals surface area contributed by atoms with E-state index in [2.05, 4.69) is 45.9 Å². The van der Waals surface area contributed by atoms with E-state index in [1.54, 1.807) is 21.3 Å². The average molecular weight is 430 g/mol. The van der Waals surface area contributed by atoms with Crippen molar-refractivity contribution in [1.82, 2.24) is 16.2 Å². The van der Waals surface area contributed by atoms with Gasteiger partial charge in [0.15, 0.2) is 11.5 Å². The lowest BCUT2D eigenvalue weighted by atomic mass is 9.99. The molecular formula is C18H28BrN3O4. The molecule has 0 aromatic heterocycles. The van der Waals surface area contributed by atoms with Gasteiger partial charge in [-0.3, -0.25) is 10.2 Å². The number of benzene rings is 1. The normalized spacial score (nSPS) is 23.6. The van der Waals surface area contributed by atoms with Gasteiger partial charge in [0, 0.05) is 6.04 Å². The van der Waals surface area contributed by atoms with E-state index in [1.807, 2.05) is 19.1 Å². The van der Waals surface area contributed by atoms with E-state index in [4.69, 9.17) is 14.2 Å². The maximum Gasteiger partial charge on any atom is 0.240 e. The van der Waals surface area contributed by atoms with Crippen molar-refractivity contribution in [2.24, 2.45) is 5.92 Å². The van der Waals surface area contributed by atoms with Gasteiger partial charge in [0.2, 0.25) is 11.7 Å². The molecule has 0 bridgehead atoms. The van der Waals surface area contributed by atoms with Gasteiger partial charge in [-0.15, -0.1) is 0 Å². The molecule has 1 fully saturated rings. The van der Waals surface area contributed by atoms with Crippen LogP contribution in [0.3, 0.4) is 0 Å². The molecule has 2 rings (SSSR count). The Bertz CT molecular complexity index is 616. The molecule has 4 unspecified atom stereocenters. The fourth-order valence-electron chi connectivity index (χ4n) is 3.03. The molecule has 0 saturated carbocycles. The number of alkyl halides is 1. The second kappa shape index (κ2) is 8.92. The number of nitrogens with one attached hydrogen (secondary N) is 3. The van der Waals surface area contributed by atoms with Crippen molar-refractivity contribution in [3.63, 3.8) is 0 Å². The second-order valence-corrected chi connectivity index (χ2v) is 7.73. The molecule has 1 aromatic carbocycles. The Balaban J connectivity index is 2.14. The number of hydrogen-bond donors (Lipinski definition) is 3. The maximum atomic E-state index is 12.7. The van der Waals surface area contributed by atoms with Crippen molar-refractivity contribution in [2.75, 3.05) is 21.3 Å². The number of amides is 1. The van der Waals surface area contributed by atoms with Crippen LogP contribution in [0.2, 0.25) is 0 Å². The number of methoxy groups -OCH3 is 3. The van der Waals surface area contributed by atoms with Crippen molar-refractivity contribution in [1.29, 1.82) is 0 Å². The van der Waals surface area contributed by atoms with Crippen molar-refractivity contribution in [3.8, 4) is 17.2 Å². The van der Waals surface area contributed by atoms with E-state index < -0.39 is 0 Å². The van der Waals surface area contributed by atoms with Crippen LogP contribution in [-0.2, 0) is 4.79 Å². The van der Waals surface area contributed by atoms with Crippen molar-refractivity contribution in [2.45, 2.75) is 43.7 Å². The van der Waals surface area contributed by atoms with Gasteiger partial charge in [-0.05, 0) is 30.5 Å². The van der Waals surface area contributed by atoms with Crippen LogP contribution in [0.4, 0.5) is 0 Å². The van der Waals surface area contributed by atoms with Gasteiger partial charge in [-0.2, -0.15) is 0 Å². The SMILES string of the molecule is COc1cc(C(C)NC(=O)C2NNC(C(C)C)C2Br)cc(OC)c1OC. The number of halogens is 1. The summed E-state index contributed by atoms with van der Waals surface area (Å²) in [4.78, 5) is 12.7. The van der Waals surface area contributed by atoms with E-state index in [-0.39, 0.29) is 28.9 Å². The Hall–Kier alpha value is -1.51. The van der Waals surface area contributed by atoms with Gasteiger partial charge in [-0.1, -0.05) is 29.8 Å². The predicted octanol–water partition coefficient (Wildman–Crippen LogP) is 2.15. The Kier molecular flexibility index (Phi) is 7.14. The summed E-state index contributed by atoms with van der Waals surface area (Å²) in [6.45, 7) is 6.16. The number of ether oxygens (including phenoxy) is 3. The van der Waals surface area contributed by atoms with E-state index in [9.17, 15) is 4.79 Å². The van der Waals surface area contributed by atoms with Gasteiger partial charge < -0.3 is 19.5 Å². The zero-order valence-corrected chi connectivity index (χ0v) is 17.6. The Morgan fingerprint density at radius 1 is 1.08 bits per heavy atom. The molecule has 0 aliphatic carbocycles. The van der Waals surface area contributed by atoms with Crippen LogP contribution in [0.5, 0.6) is 17.2 Å². The first kappa shape index (κ1) is 20.8. The number of hydrogen-bond acceptors (Lipinski definition) is 6. The third-order valence-electron chi connectivity index (χ3n) is 4.61. The number of hydrazine groups is 1. The van der Waals surface area contributed by atoms with E-state index in [0.717, 1.165) is 5.56 Å². The van der Waals surface area contributed by atoms with Gasteiger partial charge in [0.25, 0.3) is 0 Å². The number of carbonyl (C=O) groups is 1. The third kappa shape index (κ3) is 4.24. The standard InChI is InChI=1S/C18H28BrN3O4/c1-9(2)15-14(19)16(22-21-15)18(23)20-10(3)11-7-12(24-4)17(26-6)13(8-11)25-5/h7-10,14-16,21-22H,1-6H3,(H,20,23). The minimum Gasteiger partial charge on any atom is -0.493 e. The molecule has 26 heavy (non-hydrogen) atoms. The minimum absolute atomic E-state index is 0.00893. The summed E-state index contributed by atoms with van der Waals surface area (Å²) in [5.74, 6) is 1.96. The third-order valence-corrected chi connectivity index (χ3v) is 5.71. The molecule has 3 N–H and O–H groups in total. The highest BCUT2D eigenvalue weighted by atomic mass is 79.9. The first-order chi connectivity index (χ1) is 12.3. The van der Waals surface area contributed by atoms with Crippen molar-refractivity contribution < 1.29 is 19.0 Å². The van der Waals surface area contributed by atoms with Crippen molar-refractivity contribution >= 4 is 21.8 Å². The first-order valence-electron chi connectivity index (χ1n) is 8.59. The van der Waals surface area contributed by atoms with E-state index in [1.165, 1.54) is 0 Å². The van der Waals surface area contributed by atoms with Crippen LogP contribution >= 0.6 is 15.9 Å². The molecule has 4 atom stereocenters. The minimum atomic E-state index is -0.355. The molecular weight excluding hydrogens is 402 g/mol. The zero-order valence-electron chi connectivity index (χ0n) is 16.1. The monoisotopic (exact) mass is 429 g/mol. The molecule has 7 nitrogen and oxygen atoms in total. The summed E-state index contributed by atoms with van der Waals surface area (Å²) < 4.78 is 16.1. The molecule has 1 aliphatic rings. The highest BCUT2D eigenvalue weighted by Gasteiger charge is 2.40. The molecule has 8 heteroatoms. The molecule has 1 aromatic rings. The summed E-state index contributed by atoms with van der Waals surface area (Å²) >= 11 is 3.64. The van der Waals surface area contributed by atoms with Gasteiger partial charge in [-0.25, -0.2) is 5.43 Å². The van der Waals surface area contributed by atoms with Crippen LogP contribution < -0.4 is 30.4 Å². The Labute approximate surface area is 163 Å². The Morgan fingerprint density at radius 2 is 1.65 bits per heavy atom. The quantitative estimate of drug-likeness (QED) is 0.576. The van der Waals surface area contributed by atoms with Crippen LogP contribution in [-0.4, -0.2) is 44.1 Å². The molecule has 1 amide bonds. The fraction of sp³-hybridized carbons (Fsp3) is 0.611. The van der Waals surface area contributed by atoms with Gasteiger partial charge in [0.05, 0.1) is 32.2 Å². The van der Waals surface area contributed by atoms with Crippen LogP contribution in [0.25, 0.3) is 0 Å². The van der Waals surface area contributed by atoms with Crippen LogP contribution in [0.1, 0.15) is 32.4 Å². The maximum absolute atomic E-state index is 12.7. The molecule has 1 heterocycles. The first-order valence-corrected chi connectivity index (χ1v) is 9.51. The lowest BCUT2D eigenvalue weighted by molar-refractivity contribution is -0.123. The summed E-state index contributed by atoms with van der Waals surface area (Å²) in [5, 5.41) is 3.04. The van der Waals surface area contributed by atoms with Gasteiger partial charge in [0.1, 0.15) is 6.04 Å². The highest BCUT2D eigenvalue weighted by Crippen LogP contribution is 2.39. The number of rotatable bonds is 7. The lowest BCUT2D eigenvalue weighted by Gasteiger charge is -2.22. The predicted molar refractivity (Wildman–Crippen MR) is 104 cm³/mol. The molecule has 1 aliphatic heterocycles. The van der Waals surface area contributed by atoms with E-state index >= 15 is 0 Å². The van der Waals surface area contributed by atoms with Crippen molar-refractivity contribution in [3.05, 3.63) is 17.7 Å². The molecule has 0 radical (unpaired) electrons. The summed E-state index contributed by atoms with van der Waals surface area (Å²) in [6, 6.07) is 3.29. The molecule has 1 saturated heterocycles. The number of carbonyl (C=O) groups excluding carboxylic acids is 1. The fourth-order valence-corrected chi connectivity index (χ4v) is 4.15. The lowest BCUT2D eigenvalue weighted by Crippen LogP contribution is -2.46. The second-order valence-electron chi connectivity index (χ2n) is 6.67. The van der Waals surface area contributed by atoms with Crippen LogP contribution in [0, 0.1) is 5.92 Å². The zero-order chi connectivity index (χ0) is 19.4. The largest absolute Gasteiger partial charge is 0.493 e. The molecule has 146 valence electrons.